The highest BCUT2D eigenvalue weighted by molar-refractivity contribution is 7.99. The molecule has 0 saturated heterocycles. The molecule has 1 amide bonds. The van der Waals surface area contributed by atoms with Gasteiger partial charge in [-0.25, -0.2) is 9.97 Å². The van der Waals surface area contributed by atoms with Crippen LogP contribution in [0, 0.1) is 0 Å². The molecule has 1 aromatic carbocycles. The average molecular weight is 439 g/mol. The van der Waals surface area contributed by atoms with Gasteiger partial charge in [-0.15, -0.1) is 11.3 Å². The number of unbranched alkanes of at least 4 members (excludes halogenated alkanes) is 1. The minimum atomic E-state index is -0.0965. The summed E-state index contributed by atoms with van der Waals surface area (Å²) in [6.45, 7) is 3.16. The Bertz CT molecular complexity index is 1230. The maximum absolute atomic E-state index is 13.4. The fourth-order valence-electron chi connectivity index (χ4n) is 3.14. The van der Waals surface area contributed by atoms with Crippen molar-refractivity contribution in [3.8, 4) is 0 Å². The molecule has 1 N–H and O–H groups in total. The number of nitrogens with zero attached hydrogens (tertiary/aromatic N) is 3. The molecule has 0 bridgehead atoms. The number of aromatic nitrogens is 3. The van der Waals surface area contributed by atoms with Crippen molar-refractivity contribution in [2.24, 2.45) is 0 Å². The van der Waals surface area contributed by atoms with Gasteiger partial charge >= 0.3 is 0 Å². The Balaban J connectivity index is 1.73. The number of rotatable bonds is 8. The molecular formula is C22H22N4O2S2. The number of thiophene rings is 1. The SMILES string of the molecule is CCCCNC(=O)CSc1nc2c(sc3ncccc32)c(=O)n1Cc1ccccc1. The van der Waals surface area contributed by atoms with Gasteiger partial charge in [0.2, 0.25) is 5.91 Å². The van der Waals surface area contributed by atoms with E-state index in [9.17, 15) is 9.59 Å². The molecular weight excluding hydrogens is 416 g/mol. The Morgan fingerprint density at radius 1 is 1.20 bits per heavy atom. The number of hydrogen-bond acceptors (Lipinski definition) is 6. The maximum atomic E-state index is 13.4. The zero-order valence-corrected chi connectivity index (χ0v) is 18.3. The van der Waals surface area contributed by atoms with Crippen molar-refractivity contribution in [3.05, 3.63) is 64.6 Å². The second kappa shape index (κ2) is 9.40. The van der Waals surface area contributed by atoms with E-state index in [0.717, 1.165) is 28.6 Å². The molecule has 154 valence electrons. The first-order valence-electron chi connectivity index (χ1n) is 9.89. The lowest BCUT2D eigenvalue weighted by atomic mass is 10.2. The van der Waals surface area contributed by atoms with Gasteiger partial charge in [0.1, 0.15) is 9.53 Å². The van der Waals surface area contributed by atoms with Crippen molar-refractivity contribution >= 4 is 49.4 Å². The van der Waals surface area contributed by atoms with Crippen molar-refractivity contribution in [1.29, 1.82) is 0 Å². The van der Waals surface area contributed by atoms with Gasteiger partial charge in [-0.2, -0.15) is 0 Å². The van der Waals surface area contributed by atoms with Crippen molar-refractivity contribution in [3.63, 3.8) is 0 Å². The summed E-state index contributed by atoms with van der Waals surface area (Å²) in [5.74, 6) is 0.169. The van der Waals surface area contributed by atoms with E-state index >= 15 is 0 Å². The van der Waals surface area contributed by atoms with E-state index in [1.54, 1.807) is 10.8 Å². The fraction of sp³-hybridized carbons (Fsp3) is 0.273. The largest absolute Gasteiger partial charge is 0.355 e. The highest BCUT2D eigenvalue weighted by atomic mass is 32.2. The quantitative estimate of drug-likeness (QED) is 0.255. The molecule has 8 heteroatoms. The van der Waals surface area contributed by atoms with Crippen LogP contribution in [-0.4, -0.2) is 32.7 Å². The van der Waals surface area contributed by atoms with E-state index in [-0.39, 0.29) is 17.2 Å². The summed E-state index contributed by atoms with van der Waals surface area (Å²) in [4.78, 5) is 35.6. The first-order valence-corrected chi connectivity index (χ1v) is 11.7. The Labute approximate surface area is 182 Å². The van der Waals surface area contributed by atoms with Crippen LogP contribution in [0.15, 0.2) is 58.6 Å². The number of carbonyl (C=O) groups is 1. The number of nitrogens with one attached hydrogen (secondary N) is 1. The Kier molecular flexibility index (Phi) is 6.44. The standard InChI is InChI=1S/C22H22N4O2S2/c1-2-3-11-23-17(27)14-29-22-25-18-16-10-7-12-24-20(16)30-19(18)21(28)26(22)13-15-8-5-4-6-9-15/h4-10,12H,2-3,11,13-14H2,1H3,(H,23,27). The second-order valence-electron chi connectivity index (χ2n) is 6.90. The van der Waals surface area contributed by atoms with Gasteiger partial charge in [0.15, 0.2) is 5.16 Å². The molecule has 4 rings (SSSR count). The van der Waals surface area contributed by atoms with Crippen LogP contribution in [0.25, 0.3) is 20.4 Å². The molecule has 0 atom stereocenters. The highest BCUT2D eigenvalue weighted by Crippen LogP contribution is 2.30. The number of pyridine rings is 1. The Morgan fingerprint density at radius 2 is 2.03 bits per heavy atom. The molecule has 0 saturated carbocycles. The van der Waals surface area contributed by atoms with Crippen molar-refractivity contribution in [2.75, 3.05) is 12.3 Å². The molecule has 3 heterocycles. The number of benzene rings is 1. The van der Waals surface area contributed by atoms with E-state index in [1.165, 1.54) is 23.1 Å². The summed E-state index contributed by atoms with van der Waals surface area (Å²) in [6.07, 6.45) is 3.70. The van der Waals surface area contributed by atoms with Gasteiger partial charge in [0.05, 0.1) is 17.8 Å². The van der Waals surface area contributed by atoms with Gasteiger partial charge in [0.25, 0.3) is 5.56 Å². The van der Waals surface area contributed by atoms with Crippen LogP contribution in [0.2, 0.25) is 0 Å². The lowest BCUT2D eigenvalue weighted by Gasteiger charge is -2.12. The number of hydrogen-bond donors (Lipinski definition) is 1. The number of thioether (sulfide) groups is 1. The van der Waals surface area contributed by atoms with Crippen LogP contribution in [-0.2, 0) is 11.3 Å². The van der Waals surface area contributed by atoms with Crippen LogP contribution in [0.4, 0.5) is 0 Å². The van der Waals surface area contributed by atoms with Crippen molar-refractivity contribution < 1.29 is 4.79 Å². The molecule has 0 aliphatic carbocycles. The summed E-state index contributed by atoms with van der Waals surface area (Å²) in [7, 11) is 0. The van der Waals surface area contributed by atoms with Crippen LogP contribution >= 0.6 is 23.1 Å². The summed E-state index contributed by atoms with van der Waals surface area (Å²) >= 11 is 2.66. The van der Waals surface area contributed by atoms with Gasteiger partial charge < -0.3 is 5.32 Å². The zero-order valence-electron chi connectivity index (χ0n) is 16.6. The number of amides is 1. The molecule has 3 aromatic heterocycles. The molecule has 0 aliphatic rings. The van der Waals surface area contributed by atoms with Crippen molar-refractivity contribution in [2.45, 2.75) is 31.5 Å². The molecule has 0 spiro atoms. The normalized spacial score (nSPS) is 11.2. The predicted molar refractivity (Wildman–Crippen MR) is 123 cm³/mol. The third-order valence-electron chi connectivity index (χ3n) is 4.69. The Morgan fingerprint density at radius 3 is 2.83 bits per heavy atom. The predicted octanol–water partition coefficient (Wildman–Crippen LogP) is 4.06. The van der Waals surface area contributed by atoms with Crippen LogP contribution in [0.1, 0.15) is 25.3 Å². The van der Waals surface area contributed by atoms with Gasteiger partial charge in [-0.1, -0.05) is 55.4 Å². The molecule has 30 heavy (non-hydrogen) atoms. The first-order chi connectivity index (χ1) is 14.7. The second-order valence-corrected chi connectivity index (χ2v) is 8.84. The number of carbonyl (C=O) groups excluding carboxylic acids is 1. The third-order valence-corrected chi connectivity index (χ3v) is 6.75. The minimum Gasteiger partial charge on any atom is -0.355 e. The topological polar surface area (TPSA) is 76.9 Å². The van der Waals surface area contributed by atoms with Crippen LogP contribution in [0.3, 0.4) is 0 Å². The maximum Gasteiger partial charge on any atom is 0.272 e. The highest BCUT2D eigenvalue weighted by Gasteiger charge is 2.18. The Hall–Kier alpha value is -2.71. The van der Waals surface area contributed by atoms with E-state index in [0.29, 0.717) is 28.5 Å². The summed E-state index contributed by atoms with van der Waals surface area (Å²) < 4.78 is 2.26. The fourth-order valence-corrected chi connectivity index (χ4v) is 5.00. The van der Waals surface area contributed by atoms with E-state index in [4.69, 9.17) is 4.98 Å². The summed E-state index contributed by atoms with van der Waals surface area (Å²) in [5, 5.41) is 4.33. The van der Waals surface area contributed by atoms with Gasteiger partial charge in [-0.3, -0.25) is 14.2 Å². The molecule has 0 radical (unpaired) electrons. The lowest BCUT2D eigenvalue weighted by Crippen LogP contribution is -2.27. The van der Waals surface area contributed by atoms with Crippen LogP contribution < -0.4 is 10.9 Å². The molecule has 0 unspecified atom stereocenters. The molecule has 0 aliphatic heterocycles. The lowest BCUT2D eigenvalue weighted by molar-refractivity contribution is -0.118. The number of fused-ring (bicyclic) bond motifs is 3. The first kappa shape index (κ1) is 20.6. The van der Waals surface area contributed by atoms with Gasteiger partial charge in [0, 0.05) is 18.1 Å². The molecule has 6 nitrogen and oxygen atoms in total. The summed E-state index contributed by atoms with van der Waals surface area (Å²) in [6, 6.07) is 13.6. The zero-order chi connectivity index (χ0) is 20.9. The van der Waals surface area contributed by atoms with Gasteiger partial charge in [-0.05, 0) is 24.1 Å². The third kappa shape index (κ3) is 4.39. The monoisotopic (exact) mass is 438 g/mol. The van der Waals surface area contributed by atoms with Crippen LogP contribution in [0.5, 0.6) is 0 Å². The van der Waals surface area contributed by atoms with Crippen molar-refractivity contribution in [1.82, 2.24) is 19.9 Å². The molecule has 0 fully saturated rings. The van der Waals surface area contributed by atoms with E-state index < -0.39 is 0 Å². The summed E-state index contributed by atoms with van der Waals surface area (Å²) in [5.41, 5.74) is 1.57. The average Bonchev–Trinajstić information content (AvgIpc) is 3.14. The van der Waals surface area contributed by atoms with E-state index in [1.807, 2.05) is 42.5 Å². The smallest absolute Gasteiger partial charge is 0.272 e. The minimum absolute atomic E-state index is 0.0501. The molecule has 4 aromatic rings. The van der Waals surface area contributed by atoms with E-state index in [2.05, 4.69) is 17.2 Å².